The van der Waals surface area contributed by atoms with Gasteiger partial charge >= 0.3 is 0 Å². The van der Waals surface area contributed by atoms with Crippen LogP contribution in [-0.2, 0) is 6.54 Å². The number of piperazine rings is 1. The van der Waals surface area contributed by atoms with Crippen LogP contribution in [-0.4, -0.2) is 52.0 Å². The predicted octanol–water partition coefficient (Wildman–Crippen LogP) is 4.51. The van der Waals surface area contributed by atoms with Crippen molar-refractivity contribution < 1.29 is 9.15 Å². The summed E-state index contributed by atoms with van der Waals surface area (Å²) in [5.41, 5.74) is 2.83. The van der Waals surface area contributed by atoms with Crippen LogP contribution >= 0.6 is 11.3 Å². The first-order valence-electron chi connectivity index (χ1n) is 10.2. The van der Waals surface area contributed by atoms with Gasteiger partial charge in [0.1, 0.15) is 11.3 Å². The Kier molecular flexibility index (Phi) is 4.25. The second-order valence-electron chi connectivity index (χ2n) is 7.89. The van der Waals surface area contributed by atoms with E-state index in [1.165, 1.54) is 49.4 Å². The molecule has 0 radical (unpaired) electrons. The van der Waals surface area contributed by atoms with E-state index in [-0.39, 0.29) is 0 Å². The topological polar surface area (TPSA) is 54.6 Å². The highest BCUT2D eigenvalue weighted by atomic mass is 32.1. The number of benzene rings is 1. The van der Waals surface area contributed by atoms with Gasteiger partial charge in [-0.05, 0) is 43.7 Å². The molecule has 0 amide bonds. The molecule has 3 aromatic heterocycles. The van der Waals surface area contributed by atoms with Gasteiger partial charge in [0.2, 0.25) is 0 Å². The van der Waals surface area contributed by atoms with Gasteiger partial charge in [-0.1, -0.05) is 11.3 Å². The zero-order chi connectivity index (χ0) is 19.2. The highest BCUT2D eigenvalue weighted by Gasteiger charge is 2.30. The Bertz CT molecular complexity index is 1140. The first-order valence-corrected chi connectivity index (χ1v) is 11.0. The monoisotopic (exact) mass is 406 g/mol. The van der Waals surface area contributed by atoms with Crippen LogP contribution < -0.4 is 4.74 Å². The van der Waals surface area contributed by atoms with Gasteiger partial charge in [-0.2, -0.15) is 4.98 Å². The van der Waals surface area contributed by atoms with E-state index in [4.69, 9.17) is 9.15 Å². The molecule has 0 saturated carbocycles. The van der Waals surface area contributed by atoms with Crippen molar-refractivity contribution in [3.8, 4) is 10.9 Å². The van der Waals surface area contributed by atoms with E-state index >= 15 is 0 Å². The number of fused-ring (bicyclic) bond motifs is 3. The highest BCUT2D eigenvalue weighted by molar-refractivity contribution is 7.20. The number of rotatable bonds is 4. The third-order valence-corrected chi connectivity index (χ3v) is 6.93. The molecule has 148 valence electrons. The molecule has 0 bridgehead atoms. The molecule has 0 aliphatic carbocycles. The molecule has 7 heteroatoms. The highest BCUT2D eigenvalue weighted by Crippen LogP contribution is 2.33. The molecular formula is C22H22N4O2S. The fourth-order valence-corrected chi connectivity index (χ4v) is 5.38. The van der Waals surface area contributed by atoms with Crippen molar-refractivity contribution in [2.75, 3.05) is 26.2 Å². The Labute approximate surface area is 172 Å². The number of aromatic nitrogens is 2. The minimum atomic E-state index is 0.597. The third-order valence-electron chi connectivity index (χ3n) is 6.04. The molecule has 0 N–H and O–H groups in total. The van der Waals surface area contributed by atoms with E-state index in [1.54, 1.807) is 6.20 Å². The minimum absolute atomic E-state index is 0.597. The predicted molar refractivity (Wildman–Crippen MR) is 114 cm³/mol. The maximum absolute atomic E-state index is 5.97. The lowest BCUT2D eigenvalue weighted by Gasteiger charge is -2.37. The van der Waals surface area contributed by atoms with E-state index in [1.807, 2.05) is 30.5 Å². The van der Waals surface area contributed by atoms with E-state index < -0.39 is 0 Å². The molecule has 2 fully saturated rings. The van der Waals surface area contributed by atoms with Crippen molar-refractivity contribution >= 4 is 32.7 Å². The summed E-state index contributed by atoms with van der Waals surface area (Å²) in [5.74, 6) is 0.733. The van der Waals surface area contributed by atoms with Crippen molar-refractivity contribution in [3.63, 3.8) is 0 Å². The average molecular weight is 407 g/mol. The smallest absolute Gasteiger partial charge is 0.281 e. The van der Waals surface area contributed by atoms with Crippen molar-refractivity contribution in [1.82, 2.24) is 19.8 Å². The Morgan fingerprint density at radius 2 is 2.21 bits per heavy atom. The van der Waals surface area contributed by atoms with E-state index in [0.29, 0.717) is 5.19 Å². The molecule has 2 aliphatic heterocycles. The van der Waals surface area contributed by atoms with Gasteiger partial charge in [0.05, 0.1) is 11.0 Å². The first-order chi connectivity index (χ1) is 14.3. The van der Waals surface area contributed by atoms with Crippen LogP contribution in [0.5, 0.6) is 10.9 Å². The summed E-state index contributed by atoms with van der Waals surface area (Å²) in [5, 5.41) is 1.76. The Morgan fingerprint density at radius 1 is 1.21 bits per heavy atom. The maximum atomic E-state index is 5.97. The molecule has 5 heterocycles. The van der Waals surface area contributed by atoms with Gasteiger partial charge < -0.3 is 9.15 Å². The van der Waals surface area contributed by atoms with Gasteiger partial charge in [-0.3, -0.25) is 9.80 Å². The summed E-state index contributed by atoms with van der Waals surface area (Å²) in [4.78, 5) is 13.9. The fraction of sp³-hybridized carbons (Fsp3) is 0.364. The normalized spacial score (nSPS) is 20.5. The van der Waals surface area contributed by atoms with Crippen LogP contribution in [0.25, 0.3) is 21.3 Å². The summed E-state index contributed by atoms with van der Waals surface area (Å²) in [7, 11) is 0. The summed E-state index contributed by atoms with van der Waals surface area (Å²) in [6.45, 7) is 5.71. The van der Waals surface area contributed by atoms with Crippen molar-refractivity contribution in [2.45, 2.75) is 25.4 Å². The molecule has 6 nitrogen and oxygen atoms in total. The zero-order valence-corrected chi connectivity index (χ0v) is 16.9. The SMILES string of the molecule is c1cnc2nc(Oc3ccc4c(CN5CCN6CCCC6C5)coc4c3)sc2c1. The van der Waals surface area contributed by atoms with Crippen LogP contribution in [0.2, 0.25) is 0 Å². The van der Waals surface area contributed by atoms with Crippen LogP contribution in [0.15, 0.2) is 47.2 Å². The van der Waals surface area contributed by atoms with E-state index in [2.05, 4.69) is 25.8 Å². The van der Waals surface area contributed by atoms with Gasteiger partial charge in [0.25, 0.3) is 5.19 Å². The molecule has 1 unspecified atom stereocenters. The number of hydrogen-bond donors (Lipinski definition) is 0. The molecule has 0 spiro atoms. The lowest BCUT2D eigenvalue weighted by atomic mass is 10.1. The van der Waals surface area contributed by atoms with Crippen LogP contribution in [0.3, 0.4) is 0 Å². The molecule has 2 aliphatic rings. The van der Waals surface area contributed by atoms with Gasteiger partial charge in [-0.15, -0.1) is 0 Å². The molecular weight excluding hydrogens is 384 g/mol. The zero-order valence-electron chi connectivity index (χ0n) is 16.1. The number of ether oxygens (including phenoxy) is 1. The molecule has 2 saturated heterocycles. The average Bonchev–Trinajstić information content (AvgIpc) is 3.45. The standard InChI is InChI=1S/C22H22N4O2S/c1-4-20-21(23-7-1)24-22(29-20)28-17-5-6-18-15(14-27-19(18)11-17)12-25-9-10-26-8-2-3-16(26)13-25/h1,4-7,11,14,16H,2-3,8-10,12-13H2. The fourth-order valence-electron chi connectivity index (χ4n) is 4.58. The number of furan rings is 1. The number of hydrogen-bond acceptors (Lipinski definition) is 7. The maximum Gasteiger partial charge on any atom is 0.281 e. The molecule has 4 aromatic rings. The molecule has 6 rings (SSSR count). The van der Waals surface area contributed by atoms with E-state index in [9.17, 15) is 0 Å². The number of thiazole rings is 1. The molecule has 29 heavy (non-hydrogen) atoms. The van der Waals surface area contributed by atoms with Crippen LogP contribution in [0, 0.1) is 0 Å². The Balaban J connectivity index is 1.20. The summed E-state index contributed by atoms with van der Waals surface area (Å²) >= 11 is 1.50. The number of pyridine rings is 1. The molecule has 1 aromatic carbocycles. The first kappa shape index (κ1) is 17.4. The number of nitrogens with zero attached hydrogens (tertiary/aromatic N) is 4. The van der Waals surface area contributed by atoms with Crippen molar-refractivity contribution in [3.05, 3.63) is 48.4 Å². The quantitative estimate of drug-likeness (QED) is 0.497. The minimum Gasteiger partial charge on any atom is -0.464 e. The largest absolute Gasteiger partial charge is 0.464 e. The Hall–Kier alpha value is -2.48. The van der Waals surface area contributed by atoms with E-state index in [0.717, 1.165) is 46.2 Å². The second-order valence-corrected chi connectivity index (χ2v) is 8.89. The van der Waals surface area contributed by atoms with Crippen molar-refractivity contribution in [1.29, 1.82) is 0 Å². The lowest BCUT2D eigenvalue weighted by Crippen LogP contribution is -2.49. The second kappa shape index (κ2) is 7.09. The summed E-state index contributed by atoms with van der Waals surface area (Å²) in [6, 6.07) is 10.7. The summed E-state index contributed by atoms with van der Waals surface area (Å²) < 4.78 is 12.9. The van der Waals surface area contributed by atoms with Gasteiger partial charge in [0, 0.05) is 55.4 Å². The summed E-state index contributed by atoms with van der Waals surface area (Å²) in [6.07, 6.45) is 6.33. The van der Waals surface area contributed by atoms with Gasteiger partial charge in [-0.25, -0.2) is 4.98 Å². The Morgan fingerprint density at radius 3 is 3.17 bits per heavy atom. The van der Waals surface area contributed by atoms with Crippen LogP contribution in [0.4, 0.5) is 0 Å². The lowest BCUT2D eigenvalue weighted by molar-refractivity contribution is 0.0995. The van der Waals surface area contributed by atoms with Crippen LogP contribution in [0.1, 0.15) is 18.4 Å². The van der Waals surface area contributed by atoms with Gasteiger partial charge in [0.15, 0.2) is 5.65 Å². The third kappa shape index (κ3) is 3.29. The van der Waals surface area contributed by atoms with Crippen molar-refractivity contribution in [2.24, 2.45) is 0 Å². The molecule has 1 atom stereocenters.